The average Bonchev–Trinajstić information content (AvgIpc) is 2.96. The minimum atomic E-state index is -3.61. The lowest BCUT2D eigenvalue weighted by molar-refractivity contribution is -0.128. The molecule has 2 amide bonds. The predicted octanol–water partition coefficient (Wildman–Crippen LogP) is 1.15. The summed E-state index contributed by atoms with van der Waals surface area (Å²) < 4.78 is 23.2. The van der Waals surface area contributed by atoms with Crippen molar-refractivity contribution >= 4 is 51.3 Å². The molecule has 2 heterocycles. The monoisotopic (exact) mass is 435 g/mol. The summed E-state index contributed by atoms with van der Waals surface area (Å²) in [7, 11) is -3.61. The fraction of sp³-hybridized carbons (Fsp3) is 0.529. The summed E-state index contributed by atoms with van der Waals surface area (Å²) in [6.07, 6.45) is 1.94. The molecule has 1 aromatic carbocycles. The number of nitrogens with zero attached hydrogens (tertiary/aromatic N) is 1. The van der Waals surface area contributed by atoms with E-state index < -0.39 is 26.5 Å². The smallest absolute Gasteiger partial charge is 0.249 e. The van der Waals surface area contributed by atoms with Crippen LogP contribution in [0, 0.1) is 0 Å². The number of rotatable bonds is 4. The van der Waals surface area contributed by atoms with E-state index in [1.54, 1.807) is 29.2 Å². The number of sulfone groups is 1. The van der Waals surface area contributed by atoms with Gasteiger partial charge in [-0.15, -0.1) is 12.4 Å². The predicted molar refractivity (Wildman–Crippen MR) is 107 cm³/mol. The molecule has 1 aromatic rings. The molecule has 0 spiro atoms. The summed E-state index contributed by atoms with van der Waals surface area (Å²) in [5.41, 5.74) is 0.704. The molecule has 1 atom stereocenters. The zero-order valence-corrected chi connectivity index (χ0v) is 17.3. The van der Waals surface area contributed by atoms with Crippen molar-refractivity contribution in [3.05, 3.63) is 29.3 Å². The van der Waals surface area contributed by atoms with Crippen LogP contribution in [0.1, 0.15) is 19.3 Å². The van der Waals surface area contributed by atoms with Gasteiger partial charge < -0.3 is 15.5 Å². The van der Waals surface area contributed by atoms with Crippen molar-refractivity contribution in [2.45, 2.75) is 30.1 Å². The number of piperidine rings is 1. The van der Waals surface area contributed by atoms with Crippen LogP contribution < -0.4 is 15.5 Å². The number of hydrogen-bond acceptors (Lipinski definition) is 5. The van der Waals surface area contributed by atoms with Crippen LogP contribution in [0.3, 0.4) is 0 Å². The van der Waals surface area contributed by atoms with E-state index in [2.05, 4.69) is 10.6 Å². The lowest BCUT2D eigenvalue weighted by Crippen LogP contribution is -2.59. The lowest BCUT2D eigenvalue weighted by atomic mass is 9.95. The maximum atomic E-state index is 12.8. The van der Waals surface area contributed by atoms with Gasteiger partial charge in [-0.05, 0) is 56.6 Å². The van der Waals surface area contributed by atoms with Crippen LogP contribution in [0.5, 0.6) is 0 Å². The Kier molecular flexibility index (Phi) is 6.78. The Labute approximate surface area is 170 Å². The highest BCUT2D eigenvalue weighted by Gasteiger charge is 2.50. The molecule has 27 heavy (non-hydrogen) atoms. The highest BCUT2D eigenvalue weighted by atomic mass is 35.5. The van der Waals surface area contributed by atoms with Gasteiger partial charge in [0.1, 0.15) is 6.04 Å². The molecule has 10 heteroatoms. The molecular weight excluding hydrogens is 413 g/mol. The van der Waals surface area contributed by atoms with Gasteiger partial charge in [0.25, 0.3) is 0 Å². The molecule has 0 aromatic heterocycles. The largest absolute Gasteiger partial charge is 0.343 e. The minimum Gasteiger partial charge on any atom is -0.343 e. The summed E-state index contributed by atoms with van der Waals surface area (Å²) >= 11 is 5.87. The molecule has 0 radical (unpaired) electrons. The number of hydrogen-bond donors (Lipinski definition) is 2. The van der Waals surface area contributed by atoms with E-state index in [9.17, 15) is 18.0 Å². The van der Waals surface area contributed by atoms with Gasteiger partial charge in [-0.25, -0.2) is 8.42 Å². The minimum absolute atomic E-state index is 0. The number of carbonyl (C=O) groups is 2. The molecule has 3 rings (SSSR count). The van der Waals surface area contributed by atoms with Gasteiger partial charge in [-0.3, -0.25) is 9.59 Å². The SMILES string of the molecule is CS(=O)(=O)C1(C(=O)NC2CCN(c3ccc(Cl)cc3)C2=O)CCNCC1.Cl. The summed E-state index contributed by atoms with van der Waals surface area (Å²) in [4.78, 5) is 27.1. The average molecular weight is 436 g/mol. The number of amides is 2. The topological polar surface area (TPSA) is 95.6 Å². The normalized spacial score (nSPS) is 22.2. The van der Waals surface area contributed by atoms with Gasteiger partial charge >= 0.3 is 0 Å². The second-order valence-corrected chi connectivity index (χ2v) is 9.56. The molecule has 0 aliphatic carbocycles. The summed E-state index contributed by atoms with van der Waals surface area (Å²) in [6.45, 7) is 1.37. The molecule has 0 bridgehead atoms. The zero-order chi connectivity index (χ0) is 18.9. The number of benzene rings is 1. The standard InChI is InChI=1S/C17H22ClN3O4S.ClH/c1-26(24,25)17(7-9-19-10-8-17)16(23)20-14-6-11-21(15(14)22)13-4-2-12(18)3-5-13;/h2-5,14,19H,6-11H2,1H3,(H,20,23);1H. The van der Waals surface area contributed by atoms with E-state index in [1.165, 1.54) is 0 Å². The molecule has 2 saturated heterocycles. The van der Waals surface area contributed by atoms with Crippen molar-refractivity contribution in [1.29, 1.82) is 0 Å². The van der Waals surface area contributed by atoms with Crippen LogP contribution in [-0.2, 0) is 19.4 Å². The van der Waals surface area contributed by atoms with Crippen molar-refractivity contribution in [3.8, 4) is 0 Å². The highest BCUT2D eigenvalue weighted by Crippen LogP contribution is 2.29. The maximum absolute atomic E-state index is 12.8. The second kappa shape index (κ2) is 8.34. The third-order valence-corrected chi connectivity index (χ3v) is 7.45. The molecule has 2 aliphatic heterocycles. The van der Waals surface area contributed by atoms with Crippen molar-refractivity contribution < 1.29 is 18.0 Å². The zero-order valence-electron chi connectivity index (χ0n) is 14.9. The molecule has 0 saturated carbocycles. The number of anilines is 1. The van der Waals surface area contributed by atoms with Gasteiger partial charge in [0.2, 0.25) is 11.8 Å². The van der Waals surface area contributed by atoms with E-state index in [4.69, 9.17) is 11.6 Å². The Hall–Kier alpha value is -1.35. The van der Waals surface area contributed by atoms with E-state index in [0.717, 1.165) is 6.26 Å². The molecule has 1 unspecified atom stereocenters. The van der Waals surface area contributed by atoms with E-state index in [0.29, 0.717) is 36.8 Å². The lowest BCUT2D eigenvalue weighted by Gasteiger charge is -2.35. The maximum Gasteiger partial charge on any atom is 0.249 e. The molecule has 150 valence electrons. The van der Waals surface area contributed by atoms with Gasteiger partial charge in [-0.1, -0.05) is 11.6 Å². The highest BCUT2D eigenvalue weighted by molar-refractivity contribution is 7.92. The van der Waals surface area contributed by atoms with Crippen LogP contribution in [0.25, 0.3) is 0 Å². The van der Waals surface area contributed by atoms with Gasteiger partial charge in [-0.2, -0.15) is 0 Å². The van der Waals surface area contributed by atoms with Gasteiger partial charge in [0, 0.05) is 23.5 Å². The van der Waals surface area contributed by atoms with E-state index in [1.807, 2.05) is 0 Å². The molecular formula is C17H23Cl2N3O4S. The van der Waals surface area contributed by atoms with Crippen LogP contribution in [0.4, 0.5) is 5.69 Å². The van der Waals surface area contributed by atoms with Crippen molar-refractivity contribution in [1.82, 2.24) is 10.6 Å². The Morgan fingerprint density at radius 1 is 1.26 bits per heavy atom. The van der Waals surface area contributed by atoms with Crippen LogP contribution >= 0.6 is 24.0 Å². The summed E-state index contributed by atoms with van der Waals surface area (Å²) in [5, 5.41) is 6.34. The quantitative estimate of drug-likeness (QED) is 0.739. The summed E-state index contributed by atoms with van der Waals surface area (Å²) in [6, 6.07) is 6.17. The Bertz CT molecular complexity index is 808. The summed E-state index contributed by atoms with van der Waals surface area (Å²) in [5.74, 6) is -0.809. The number of carbonyl (C=O) groups excluding carboxylic acids is 2. The Morgan fingerprint density at radius 2 is 1.85 bits per heavy atom. The van der Waals surface area contributed by atoms with E-state index in [-0.39, 0.29) is 31.2 Å². The fourth-order valence-electron chi connectivity index (χ4n) is 3.58. The first-order valence-corrected chi connectivity index (χ1v) is 10.8. The van der Waals surface area contributed by atoms with Gasteiger partial charge in [0.15, 0.2) is 14.6 Å². The fourth-order valence-corrected chi connectivity index (χ4v) is 5.05. The number of nitrogens with one attached hydrogen (secondary N) is 2. The van der Waals surface area contributed by atoms with Crippen LogP contribution in [0.15, 0.2) is 24.3 Å². The Balaban J connectivity index is 0.00000261. The second-order valence-electron chi connectivity index (χ2n) is 6.80. The third kappa shape index (κ3) is 4.23. The van der Waals surface area contributed by atoms with Crippen molar-refractivity contribution in [3.63, 3.8) is 0 Å². The van der Waals surface area contributed by atoms with Crippen molar-refractivity contribution in [2.24, 2.45) is 0 Å². The van der Waals surface area contributed by atoms with E-state index >= 15 is 0 Å². The first-order chi connectivity index (χ1) is 12.2. The van der Waals surface area contributed by atoms with Crippen molar-refractivity contribution in [2.75, 3.05) is 30.8 Å². The van der Waals surface area contributed by atoms with Crippen LogP contribution in [-0.4, -0.2) is 56.9 Å². The number of halogens is 2. The molecule has 2 aliphatic rings. The first-order valence-electron chi connectivity index (χ1n) is 8.53. The molecule has 2 N–H and O–H groups in total. The Morgan fingerprint density at radius 3 is 2.41 bits per heavy atom. The van der Waals surface area contributed by atoms with Crippen LogP contribution in [0.2, 0.25) is 5.02 Å². The van der Waals surface area contributed by atoms with Gasteiger partial charge in [0.05, 0.1) is 0 Å². The molecule has 7 nitrogen and oxygen atoms in total. The molecule has 2 fully saturated rings. The third-order valence-electron chi connectivity index (χ3n) is 5.18. The first kappa shape index (κ1) is 21.9.